The van der Waals surface area contributed by atoms with Crippen LogP contribution in [0.15, 0.2) is 36.4 Å². The van der Waals surface area contributed by atoms with Gasteiger partial charge in [0.1, 0.15) is 0 Å². The van der Waals surface area contributed by atoms with E-state index in [9.17, 15) is 9.90 Å². The van der Waals surface area contributed by atoms with E-state index in [4.69, 9.17) is 32.7 Å². The van der Waals surface area contributed by atoms with Gasteiger partial charge in [-0.1, -0.05) is 35.7 Å². The lowest BCUT2D eigenvalue weighted by atomic mass is 9.93. The summed E-state index contributed by atoms with van der Waals surface area (Å²) in [6.07, 6.45) is 5.53. The molecule has 1 heterocycles. The highest BCUT2D eigenvalue weighted by atomic mass is 35.5. The number of hydrogen-bond acceptors (Lipinski definition) is 5. The molecule has 33 heavy (non-hydrogen) atoms. The number of halogens is 2. The van der Waals surface area contributed by atoms with Gasteiger partial charge in [-0.25, -0.2) is 0 Å². The molecule has 0 radical (unpaired) electrons. The average Bonchev–Trinajstić information content (AvgIpc) is 2.82. The molecule has 2 atom stereocenters. The van der Waals surface area contributed by atoms with Crippen LogP contribution in [0.25, 0.3) is 0 Å². The number of aliphatic hydroxyl groups excluding tert-OH is 1. The Kier molecular flexibility index (Phi) is 10.1. The Morgan fingerprint density at radius 1 is 1.18 bits per heavy atom. The van der Waals surface area contributed by atoms with E-state index < -0.39 is 5.92 Å². The Hall–Kier alpha value is -1.99. The molecule has 1 saturated heterocycles. The number of hydrogen-bond donors (Lipinski definition) is 3. The molecular weight excluding hydrogens is 463 g/mol. The Morgan fingerprint density at radius 3 is 2.73 bits per heavy atom. The average molecular weight is 495 g/mol. The van der Waals surface area contributed by atoms with Gasteiger partial charge in [0.05, 0.1) is 29.7 Å². The normalized spacial score (nSPS) is 16.8. The first kappa shape index (κ1) is 25.6. The summed E-state index contributed by atoms with van der Waals surface area (Å²) in [5.74, 6) is 0.540. The first-order valence-electron chi connectivity index (χ1n) is 11.4. The molecule has 8 heteroatoms. The molecule has 0 bridgehead atoms. The second kappa shape index (κ2) is 13.0. The number of piperidine rings is 1. The molecule has 0 spiro atoms. The topological polar surface area (TPSA) is 79.8 Å². The molecule has 0 aliphatic carbocycles. The number of rotatable bonds is 11. The number of methoxy groups -OCH3 is 1. The van der Waals surface area contributed by atoms with E-state index in [1.54, 1.807) is 43.5 Å². The largest absolute Gasteiger partial charge is 0.493 e. The van der Waals surface area contributed by atoms with Crippen LogP contribution in [0.2, 0.25) is 10.0 Å². The van der Waals surface area contributed by atoms with E-state index in [2.05, 4.69) is 10.6 Å². The first-order chi connectivity index (χ1) is 16.0. The molecule has 0 saturated carbocycles. The molecule has 1 aliphatic rings. The minimum atomic E-state index is -0.476. The van der Waals surface area contributed by atoms with Gasteiger partial charge in [0.15, 0.2) is 11.5 Å². The zero-order valence-corrected chi connectivity index (χ0v) is 20.4. The maximum atomic E-state index is 13.2. The number of carbonyl (C=O) groups excluding carboxylic acids is 1. The van der Waals surface area contributed by atoms with Crippen molar-refractivity contribution < 1.29 is 19.4 Å². The number of nitrogens with one attached hydrogen (secondary N) is 2. The molecule has 2 unspecified atom stereocenters. The highest BCUT2D eigenvalue weighted by Gasteiger charge is 2.22. The van der Waals surface area contributed by atoms with Gasteiger partial charge in [-0.2, -0.15) is 0 Å². The second-order valence-corrected chi connectivity index (χ2v) is 9.05. The third-order valence-electron chi connectivity index (χ3n) is 5.88. The number of aliphatic hydroxyl groups is 1. The molecule has 1 aliphatic heterocycles. The van der Waals surface area contributed by atoms with Gasteiger partial charge < -0.3 is 25.2 Å². The fourth-order valence-electron chi connectivity index (χ4n) is 4.05. The molecule has 2 aromatic carbocycles. The van der Waals surface area contributed by atoms with Crippen molar-refractivity contribution in [2.45, 2.75) is 50.5 Å². The maximum absolute atomic E-state index is 13.2. The molecule has 1 fully saturated rings. The fraction of sp³-hybridized carbons (Fsp3) is 0.480. The lowest BCUT2D eigenvalue weighted by Crippen LogP contribution is -2.35. The highest BCUT2D eigenvalue weighted by Crippen LogP contribution is 2.33. The van der Waals surface area contributed by atoms with Gasteiger partial charge in [0.25, 0.3) is 0 Å². The quantitative estimate of drug-likeness (QED) is 0.389. The predicted molar refractivity (Wildman–Crippen MR) is 133 cm³/mol. The molecule has 0 aromatic heterocycles. The number of benzene rings is 2. The molecule has 1 amide bonds. The van der Waals surface area contributed by atoms with Crippen molar-refractivity contribution in [3.05, 3.63) is 52.0 Å². The predicted octanol–water partition coefficient (Wildman–Crippen LogP) is 5.41. The van der Waals surface area contributed by atoms with Crippen molar-refractivity contribution in [2.75, 3.05) is 32.2 Å². The Labute approximate surface area is 205 Å². The van der Waals surface area contributed by atoms with Crippen molar-refractivity contribution >= 4 is 34.8 Å². The molecular formula is C25H32Cl2N2O4. The zero-order valence-electron chi connectivity index (χ0n) is 18.9. The van der Waals surface area contributed by atoms with Crippen LogP contribution >= 0.6 is 23.2 Å². The van der Waals surface area contributed by atoms with Gasteiger partial charge >= 0.3 is 0 Å². The molecule has 2 aromatic rings. The summed E-state index contributed by atoms with van der Waals surface area (Å²) in [5, 5.41) is 16.6. The van der Waals surface area contributed by atoms with Gasteiger partial charge in [-0.3, -0.25) is 4.79 Å². The van der Waals surface area contributed by atoms with E-state index in [1.807, 2.05) is 0 Å². The van der Waals surface area contributed by atoms with Gasteiger partial charge in [-0.15, -0.1) is 0 Å². The number of carbonyl (C=O) groups is 1. The lowest BCUT2D eigenvalue weighted by molar-refractivity contribution is -0.117. The molecule has 6 nitrogen and oxygen atoms in total. The lowest BCUT2D eigenvalue weighted by Gasteiger charge is -2.23. The van der Waals surface area contributed by atoms with Crippen LogP contribution in [0.4, 0.5) is 5.69 Å². The van der Waals surface area contributed by atoms with Crippen LogP contribution in [0.5, 0.6) is 11.5 Å². The summed E-state index contributed by atoms with van der Waals surface area (Å²) in [5.41, 5.74) is 1.36. The van der Waals surface area contributed by atoms with Crippen molar-refractivity contribution in [2.24, 2.45) is 0 Å². The number of ether oxygens (including phenoxy) is 2. The SMILES string of the molecule is COc1ccc(NC(=O)C(CCCO)c2ccc(Cl)c(Cl)c2)cc1OCCC1CCCCN1. The van der Waals surface area contributed by atoms with Crippen LogP contribution in [0, 0.1) is 0 Å². The Morgan fingerprint density at radius 2 is 2.03 bits per heavy atom. The first-order valence-corrected chi connectivity index (χ1v) is 12.2. The molecule has 3 rings (SSSR count). The number of amides is 1. The summed E-state index contributed by atoms with van der Waals surface area (Å²) in [6, 6.07) is 11.0. The van der Waals surface area contributed by atoms with E-state index in [-0.39, 0.29) is 12.5 Å². The van der Waals surface area contributed by atoms with Crippen LogP contribution < -0.4 is 20.1 Å². The highest BCUT2D eigenvalue weighted by molar-refractivity contribution is 6.42. The zero-order chi connectivity index (χ0) is 23.6. The van der Waals surface area contributed by atoms with E-state index >= 15 is 0 Å². The van der Waals surface area contributed by atoms with Crippen molar-refractivity contribution in [3.8, 4) is 11.5 Å². The fourth-order valence-corrected chi connectivity index (χ4v) is 4.36. The van der Waals surface area contributed by atoms with Crippen LogP contribution in [-0.4, -0.2) is 43.9 Å². The van der Waals surface area contributed by atoms with Crippen LogP contribution in [0.3, 0.4) is 0 Å². The van der Waals surface area contributed by atoms with Gasteiger partial charge in [-0.05, 0) is 68.5 Å². The summed E-state index contributed by atoms with van der Waals surface area (Å²) < 4.78 is 11.4. The molecule has 3 N–H and O–H groups in total. The monoisotopic (exact) mass is 494 g/mol. The Balaban J connectivity index is 1.69. The van der Waals surface area contributed by atoms with E-state index in [0.29, 0.717) is 52.7 Å². The minimum absolute atomic E-state index is 0.00147. The minimum Gasteiger partial charge on any atom is -0.493 e. The summed E-state index contributed by atoms with van der Waals surface area (Å²) in [6.45, 7) is 1.63. The third kappa shape index (κ3) is 7.51. The van der Waals surface area contributed by atoms with Crippen molar-refractivity contribution in [3.63, 3.8) is 0 Å². The number of anilines is 1. The summed E-state index contributed by atoms with van der Waals surface area (Å²) in [4.78, 5) is 13.2. The van der Waals surface area contributed by atoms with Gasteiger partial charge in [0.2, 0.25) is 5.91 Å². The summed E-state index contributed by atoms with van der Waals surface area (Å²) >= 11 is 12.2. The standard InChI is InChI=1S/C25H32Cl2N2O4/c1-32-23-10-8-19(16-24(23)33-14-11-18-5-2-3-12-28-18)29-25(31)20(6-4-13-30)17-7-9-21(26)22(27)15-17/h7-10,15-16,18,20,28,30H,2-6,11-14H2,1H3,(H,29,31). The Bertz CT molecular complexity index is 919. The van der Waals surface area contributed by atoms with Crippen LogP contribution in [0.1, 0.15) is 50.0 Å². The van der Waals surface area contributed by atoms with E-state index in [0.717, 1.165) is 18.5 Å². The molecule has 180 valence electrons. The van der Waals surface area contributed by atoms with Gasteiger partial charge in [0, 0.05) is 24.4 Å². The maximum Gasteiger partial charge on any atom is 0.231 e. The van der Waals surface area contributed by atoms with E-state index in [1.165, 1.54) is 19.3 Å². The third-order valence-corrected chi connectivity index (χ3v) is 6.62. The van der Waals surface area contributed by atoms with Crippen LogP contribution in [-0.2, 0) is 4.79 Å². The van der Waals surface area contributed by atoms with Crippen molar-refractivity contribution in [1.82, 2.24) is 5.32 Å². The summed E-state index contributed by atoms with van der Waals surface area (Å²) in [7, 11) is 1.60. The van der Waals surface area contributed by atoms with Crippen molar-refractivity contribution in [1.29, 1.82) is 0 Å². The smallest absolute Gasteiger partial charge is 0.231 e. The second-order valence-electron chi connectivity index (χ2n) is 8.23.